The molecule has 1 aliphatic carbocycles. The fourth-order valence-corrected chi connectivity index (χ4v) is 3.40. The van der Waals surface area contributed by atoms with Crippen LogP contribution in [0.4, 0.5) is 26.3 Å². The predicted octanol–water partition coefficient (Wildman–Crippen LogP) is 3.84. The van der Waals surface area contributed by atoms with Crippen molar-refractivity contribution in [2.75, 3.05) is 13.1 Å². The molecule has 2 amide bonds. The Morgan fingerprint density at radius 1 is 0.939 bits per heavy atom. The third-order valence-electron chi connectivity index (χ3n) is 5.19. The van der Waals surface area contributed by atoms with E-state index in [0.717, 1.165) is 36.1 Å². The zero-order chi connectivity index (χ0) is 24.0. The van der Waals surface area contributed by atoms with Crippen LogP contribution in [0.25, 0.3) is 17.6 Å². The van der Waals surface area contributed by atoms with E-state index < -0.39 is 35.0 Å². The molecule has 0 radical (unpaired) electrons. The molecule has 4 rings (SSSR count). The third kappa shape index (κ3) is 5.01. The number of halogens is 6. The van der Waals surface area contributed by atoms with Crippen LogP contribution in [-0.2, 0) is 21.9 Å². The lowest BCUT2D eigenvalue weighted by atomic mass is 10.0. The smallest absolute Gasteiger partial charge is 0.273 e. The number of hydrogen-bond donors (Lipinski definition) is 0. The van der Waals surface area contributed by atoms with Crippen LogP contribution in [0, 0.1) is 5.92 Å². The van der Waals surface area contributed by atoms with Crippen molar-refractivity contribution >= 4 is 18.0 Å². The van der Waals surface area contributed by atoms with Gasteiger partial charge in [-0.25, -0.2) is 14.7 Å². The maximum atomic E-state index is 13.1. The number of benzene rings is 1. The molecule has 2 aliphatic rings. The molecule has 1 saturated heterocycles. The fraction of sp³-hybridized carbons (Fsp3) is 0.400. The van der Waals surface area contributed by atoms with E-state index in [4.69, 9.17) is 0 Å². The van der Waals surface area contributed by atoms with Crippen LogP contribution in [0.1, 0.15) is 30.4 Å². The van der Waals surface area contributed by atoms with Gasteiger partial charge in [-0.3, -0.25) is 14.6 Å². The van der Waals surface area contributed by atoms with Crippen molar-refractivity contribution in [3.8, 4) is 11.4 Å². The molecule has 0 unspecified atom stereocenters. The molecule has 7 nitrogen and oxygen atoms in total. The van der Waals surface area contributed by atoms with Crippen molar-refractivity contribution in [2.24, 2.45) is 5.92 Å². The first kappa shape index (κ1) is 22.8. The minimum Gasteiger partial charge on any atom is -0.273 e. The molecule has 1 saturated carbocycles. The number of aromatic nitrogens is 3. The maximum absolute atomic E-state index is 13.1. The van der Waals surface area contributed by atoms with Gasteiger partial charge in [0, 0.05) is 36.8 Å². The number of alkyl halides is 6. The average molecular weight is 473 g/mol. The minimum absolute atomic E-state index is 0.0177. The number of carbonyl (C=O) groups excluding carboxylic acids is 2. The van der Waals surface area contributed by atoms with E-state index in [1.807, 2.05) is 0 Å². The van der Waals surface area contributed by atoms with Gasteiger partial charge in [-0.15, -0.1) is 5.10 Å². The lowest BCUT2D eigenvalue weighted by Gasteiger charge is -2.26. The zero-order valence-electron chi connectivity index (χ0n) is 16.9. The van der Waals surface area contributed by atoms with Crippen LogP contribution in [0.5, 0.6) is 0 Å². The van der Waals surface area contributed by atoms with E-state index in [2.05, 4.69) is 10.1 Å². The summed E-state index contributed by atoms with van der Waals surface area (Å²) in [6.45, 7) is 0.786. The highest BCUT2D eigenvalue weighted by molar-refractivity contribution is 5.92. The topological polar surface area (TPSA) is 71.3 Å². The Morgan fingerprint density at radius 2 is 1.55 bits per heavy atom. The second-order valence-corrected chi connectivity index (χ2v) is 7.71. The normalized spacial score (nSPS) is 17.3. The quantitative estimate of drug-likeness (QED) is 0.500. The summed E-state index contributed by atoms with van der Waals surface area (Å²) in [6, 6.07) is 1.06. The summed E-state index contributed by atoms with van der Waals surface area (Å²) in [5, 5.41) is 6.55. The predicted molar refractivity (Wildman–Crippen MR) is 102 cm³/mol. The number of carbonyl (C=O) groups is 2. The number of nitrogens with zero attached hydrogens (tertiary/aromatic N) is 5. The molecule has 13 heteroatoms. The number of hydrazine groups is 1. The van der Waals surface area contributed by atoms with Crippen molar-refractivity contribution in [3.05, 3.63) is 41.7 Å². The monoisotopic (exact) mass is 473 g/mol. The molecule has 1 aliphatic heterocycles. The molecule has 2 heterocycles. The molecule has 2 fully saturated rings. The summed E-state index contributed by atoms with van der Waals surface area (Å²) in [5.74, 6) is -1.05. The summed E-state index contributed by atoms with van der Waals surface area (Å²) in [7, 11) is 0. The van der Waals surface area contributed by atoms with Gasteiger partial charge in [0.1, 0.15) is 6.33 Å². The summed E-state index contributed by atoms with van der Waals surface area (Å²) < 4.78 is 79.4. The van der Waals surface area contributed by atoms with Crippen molar-refractivity contribution < 1.29 is 35.9 Å². The molecule has 0 bridgehead atoms. The van der Waals surface area contributed by atoms with Crippen LogP contribution in [0.3, 0.4) is 0 Å². The SMILES string of the molecule is O=C(/C=C\n1cnc(-c2cc(C(F)(F)F)cc(C(F)(F)F)c2)n1)N1CCCN1C(=O)C1CC1. The van der Waals surface area contributed by atoms with Crippen molar-refractivity contribution in [1.29, 1.82) is 0 Å². The van der Waals surface area contributed by atoms with Gasteiger partial charge in [0.25, 0.3) is 5.91 Å². The summed E-state index contributed by atoms with van der Waals surface area (Å²) in [6.07, 6.45) is -4.47. The Kier molecular flexibility index (Phi) is 5.66. The van der Waals surface area contributed by atoms with Crippen molar-refractivity contribution in [2.45, 2.75) is 31.6 Å². The molecule has 176 valence electrons. The summed E-state index contributed by atoms with van der Waals surface area (Å²) in [5.41, 5.74) is -3.44. The van der Waals surface area contributed by atoms with Gasteiger partial charge in [0.2, 0.25) is 5.91 Å². The standard InChI is InChI=1S/C20H17F6N5O2/c21-19(22,23)14-8-13(9-15(10-14)20(24,25)26)17-27-11-29(28-17)7-4-16(32)30-5-1-6-31(30)18(33)12-2-3-12/h4,7-12H,1-3,5-6H2/b7-4-. The first-order valence-electron chi connectivity index (χ1n) is 9.95. The Hall–Kier alpha value is -3.38. The number of amides is 2. The van der Waals surface area contributed by atoms with E-state index >= 15 is 0 Å². The molecule has 1 aromatic heterocycles. The first-order chi connectivity index (χ1) is 15.4. The van der Waals surface area contributed by atoms with Crippen LogP contribution < -0.4 is 0 Å². The highest BCUT2D eigenvalue weighted by atomic mass is 19.4. The van der Waals surface area contributed by atoms with Gasteiger partial charge in [-0.1, -0.05) is 0 Å². The van der Waals surface area contributed by atoms with E-state index in [-0.39, 0.29) is 23.7 Å². The van der Waals surface area contributed by atoms with Gasteiger partial charge in [0.15, 0.2) is 5.82 Å². The second-order valence-electron chi connectivity index (χ2n) is 7.71. The number of rotatable bonds is 4. The van der Waals surface area contributed by atoms with Crippen molar-refractivity contribution in [1.82, 2.24) is 24.8 Å². The third-order valence-corrected chi connectivity index (χ3v) is 5.19. The molecule has 1 aromatic carbocycles. The lowest BCUT2D eigenvalue weighted by molar-refractivity contribution is -0.155. The average Bonchev–Trinajstić information content (AvgIpc) is 3.28. The Balaban J connectivity index is 1.54. The number of hydrogen-bond acceptors (Lipinski definition) is 4. The highest BCUT2D eigenvalue weighted by Gasteiger charge is 2.39. The van der Waals surface area contributed by atoms with Gasteiger partial charge < -0.3 is 0 Å². The molecular weight excluding hydrogens is 456 g/mol. The van der Waals surface area contributed by atoms with Crippen LogP contribution in [-0.4, -0.2) is 49.7 Å². The highest BCUT2D eigenvalue weighted by Crippen LogP contribution is 2.38. The van der Waals surface area contributed by atoms with Crippen molar-refractivity contribution in [3.63, 3.8) is 0 Å². The summed E-state index contributed by atoms with van der Waals surface area (Å²) in [4.78, 5) is 28.5. The fourth-order valence-electron chi connectivity index (χ4n) is 3.40. The van der Waals surface area contributed by atoms with E-state index in [0.29, 0.717) is 31.6 Å². The van der Waals surface area contributed by atoms with E-state index in [9.17, 15) is 35.9 Å². The van der Waals surface area contributed by atoms with Gasteiger partial charge in [0.05, 0.1) is 11.1 Å². The zero-order valence-corrected chi connectivity index (χ0v) is 16.9. The Bertz CT molecular complexity index is 1070. The van der Waals surface area contributed by atoms with Crippen LogP contribution >= 0.6 is 0 Å². The molecular formula is C20H17F6N5O2. The van der Waals surface area contributed by atoms with Crippen LogP contribution in [0.15, 0.2) is 30.6 Å². The molecule has 2 aromatic rings. The largest absolute Gasteiger partial charge is 0.416 e. The lowest BCUT2D eigenvalue weighted by Crippen LogP contribution is -2.44. The van der Waals surface area contributed by atoms with Crippen LogP contribution in [0.2, 0.25) is 0 Å². The second kappa shape index (κ2) is 8.19. The molecule has 0 atom stereocenters. The van der Waals surface area contributed by atoms with Gasteiger partial charge >= 0.3 is 12.4 Å². The van der Waals surface area contributed by atoms with Gasteiger partial charge in [-0.2, -0.15) is 26.3 Å². The summed E-state index contributed by atoms with van der Waals surface area (Å²) >= 11 is 0. The van der Waals surface area contributed by atoms with Gasteiger partial charge in [-0.05, 0) is 37.5 Å². The van der Waals surface area contributed by atoms with E-state index in [1.54, 1.807) is 0 Å². The van der Waals surface area contributed by atoms with E-state index in [1.165, 1.54) is 10.0 Å². The molecule has 0 spiro atoms. The first-order valence-corrected chi connectivity index (χ1v) is 9.95. The maximum Gasteiger partial charge on any atom is 0.416 e. The molecule has 0 N–H and O–H groups in total. The minimum atomic E-state index is -5.00. The Morgan fingerprint density at radius 3 is 2.12 bits per heavy atom. The Labute approximate surface area is 183 Å². The molecule has 33 heavy (non-hydrogen) atoms.